The van der Waals surface area contributed by atoms with E-state index in [1.807, 2.05) is 25.1 Å². The fourth-order valence-electron chi connectivity index (χ4n) is 2.11. The van der Waals surface area contributed by atoms with Gasteiger partial charge < -0.3 is 15.2 Å². The lowest BCUT2D eigenvalue weighted by Gasteiger charge is -2.12. The van der Waals surface area contributed by atoms with Crippen LogP contribution in [0.5, 0.6) is 5.75 Å². The first-order chi connectivity index (χ1) is 9.47. The number of nitrogens with one attached hydrogen (secondary N) is 1. The van der Waals surface area contributed by atoms with E-state index in [1.165, 1.54) is 0 Å². The van der Waals surface area contributed by atoms with Crippen molar-refractivity contribution in [3.8, 4) is 5.75 Å². The minimum Gasteiger partial charge on any atom is -0.496 e. The number of carbonyl (C=O) groups excluding carboxylic acids is 1. The van der Waals surface area contributed by atoms with E-state index < -0.39 is 11.4 Å². The normalized spacial score (nSPS) is 15.5. The van der Waals surface area contributed by atoms with Gasteiger partial charge >= 0.3 is 5.97 Å². The van der Waals surface area contributed by atoms with Gasteiger partial charge in [0.05, 0.1) is 18.9 Å². The number of benzene rings is 1. The molecule has 0 spiro atoms. The molecule has 0 atom stereocenters. The number of carboxylic acid groups (broad SMARTS) is 1. The van der Waals surface area contributed by atoms with Gasteiger partial charge in [-0.1, -0.05) is 12.1 Å². The number of ether oxygens (including phenoxy) is 1. The first-order valence-corrected chi connectivity index (χ1v) is 6.60. The number of methoxy groups -OCH3 is 1. The van der Waals surface area contributed by atoms with Gasteiger partial charge in [0.15, 0.2) is 0 Å². The van der Waals surface area contributed by atoms with Crippen LogP contribution in [-0.2, 0) is 16.0 Å². The number of aryl methyl sites for hydroxylation is 1. The molecule has 0 saturated heterocycles. The number of carbonyl (C=O) groups is 2. The topological polar surface area (TPSA) is 75.6 Å². The minimum atomic E-state index is -0.824. The molecule has 1 aliphatic carbocycles. The van der Waals surface area contributed by atoms with Crippen molar-refractivity contribution in [1.82, 2.24) is 5.32 Å². The minimum absolute atomic E-state index is 0.163. The Hall–Kier alpha value is -2.04. The highest BCUT2D eigenvalue weighted by atomic mass is 16.5. The Morgan fingerprint density at radius 1 is 1.40 bits per heavy atom. The van der Waals surface area contributed by atoms with Crippen LogP contribution in [-0.4, -0.2) is 30.6 Å². The predicted octanol–water partition coefficient (Wildman–Crippen LogP) is 1.53. The molecule has 1 amide bonds. The lowest BCUT2D eigenvalue weighted by Crippen LogP contribution is -2.35. The van der Waals surface area contributed by atoms with E-state index in [-0.39, 0.29) is 18.9 Å². The van der Waals surface area contributed by atoms with E-state index >= 15 is 0 Å². The molecule has 0 heterocycles. The molecule has 0 aromatic heterocycles. The molecule has 5 heteroatoms. The number of amides is 1. The van der Waals surface area contributed by atoms with Gasteiger partial charge in [-0.2, -0.15) is 0 Å². The Morgan fingerprint density at radius 2 is 2.10 bits per heavy atom. The highest BCUT2D eigenvalue weighted by Crippen LogP contribution is 2.45. The van der Waals surface area contributed by atoms with Crippen LogP contribution in [0.3, 0.4) is 0 Å². The number of hydrogen-bond acceptors (Lipinski definition) is 3. The Balaban J connectivity index is 1.90. The van der Waals surface area contributed by atoms with Crippen LogP contribution in [0.25, 0.3) is 0 Å². The van der Waals surface area contributed by atoms with Crippen molar-refractivity contribution in [3.05, 3.63) is 29.3 Å². The van der Waals surface area contributed by atoms with Gasteiger partial charge in [-0.15, -0.1) is 0 Å². The van der Waals surface area contributed by atoms with E-state index in [0.717, 1.165) is 16.9 Å². The molecular formula is C15H19NO4. The number of carboxylic acids is 1. The molecule has 0 bridgehead atoms. The van der Waals surface area contributed by atoms with Crippen LogP contribution in [0, 0.1) is 12.3 Å². The molecule has 0 aliphatic heterocycles. The van der Waals surface area contributed by atoms with E-state index in [2.05, 4.69) is 5.32 Å². The Morgan fingerprint density at radius 3 is 2.65 bits per heavy atom. The lowest BCUT2D eigenvalue weighted by atomic mass is 10.1. The molecule has 1 aromatic rings. The molecule has 1 aromatic carbocycles. The van der Waals surface area contributed by atoms with Crippen LogP contribution in [0.2, 0.25) is 0 Å². The third-order valence-electron chi connectivity index (χ3n) is 3.77. The van der Waals surface area contributed by atoms with Crippen molar-refractivity contribution >= 4 is 11.9 Å². The lowest BCUT2D eigenvalue weighted by molar-refractivity contribution is -0.143. The van der Waals surface area contributed by atoms with E-state index in [0.29, 0.717) is 12.8 Å². The van der Waals surface area contributed by atoms with Gasteiger partial charge in [-0.3, -0.25) is 9.59 Å². The van der Waals surface area contributed by atoms with Crippen molar-refractivity contribution in [2.75, 3.05) is 13.7 Å². The average molecular weight is 277 g/mol. The zero-order valence-electron chi connectivity index (χ0n) is 11.7. The van der Waals surface area contributed by atoms with Crippen LogP contribution < -0.4 is 10.1 Å². The summed E-state index contributed by atoms with van der Waals surface area (Å²) in [6.07, 6.45) is 1.51. The average Bonchev–Trinajstić information content (AvgIpc) is 3.20. The maximum absolute atomic E-state index is 11.8. The summed E-state index contributed by atoms with van der Waals surface area (Å²) in [4.78, 5) is 22.9. The molecule has 1 aliphatic rings. The standard InChI is InChI=1S/C15H19NO4/c1-10-3-4-11(7-12(10)20-2)8-13(17)16-9-15(5-6-15)14(18)19/h3-4,7H,5-6,8-9H2,1-2H3,(H,16,17)(H,18,19). The number of hydrogen-bond donors (Lipinski definition) is 2. The van der Waals surface area contributed by atoms with Crippen LogP contribution >= 0.6 is 0 Å². The maximum atomic E-state index is 11.8. The molecule has 5 nitrogen and oxygen atoms in total. The van der Waals surface area contributed by atoms with Crippen LogP contribution in [0.1, 0.15) is 24.0 Å². The fourth-order valence-corrected chi connectivity index (χ4v) is 2.11. The summed E-state index contributed by atoms with van der Waals surface area (Å²) in [7, 11) is 1.59. The second-order valence-corrected chi connectivity index (χ2v) is 5.34. The van der Waals surface area contributed by atoms with Crippen LogP contribution in [0.15, 0.2) is 18.2 Å². The third kappa shape index (κ3) is 3.10. The zero-order valence-corrected chi connectivity index (χ0v) is 11.7. The molecule has 0 unspecified atom stereocenters. The Labute approximate surface area is 117 Å². The van der Waals surface area contributed by atoms with Gasteiger partial charge in [0.1, 0.15) is 5.75 Å². The SMILES string of the molecule is COc1cc(CC(=O)NCC2(C(=O)O)CC2)ccc1C. The predicted molar refractivity (Wildman–Crippen MR) is 73.7 cm³/mol. The van der Waals surface area contributed by atoms with E-state index in [1.54, 1.807) is 7.11 Å². The summed E-state index contributed by atoms with van der Waals surface area (Å²) >= 11 is 0. The van der Waals surface area contributed by atoms with Crippen molar-refractivity contribution in [2.45, 2.75) is 26.2 Å². The Kier molecular flexibility index (Phi) is 3.97. The Bertz CT molecular complexity index is 535. The molecular weight excluding hydrogens is 258 g/mol. The summed E-state index contributed by atoms with van der Waals surface area (Å²) in [5.74, 6) is -0.238. The summed E-state index contributed by atoms with van der Waals surface area (Å²) in [6, 6.07) is 5.61. The van der Waals surface area contributed by atoms with Gasteiger partial charge in [0.25, 0.3) is 0 Å². The smallest absolute Gasteiger partial charge is 0.311 e. The maximum Gasteiger partial charge on any atom is 0.311 e. The molecule has 108 valence electrons. The largest absolute Gasteiger partial charge is 0.496 e. The molecule has 20 heavy (non-hydrogen) atoms. The zero-order chi connectivity index (χ0) is 14.8. The van der Waals surface area contributed by atoms with Gasteiger partial charge in [-0.25, -0.2) is 0 Å². The monoisotopic (exact) mass is 277 g/mol. The highest BCUT2D eigenvalue weighted by Gasteiger charge is 2.50. The molecule has 1 fully saturated rings. The number of rotatable bonds is 6. The second-order valence-electron chi connectivity index (χ2n) is 5.34. The highest BCUT2D eigenvalue weighted by molar-refractivity contribution is 5.82. The summed E-state index contributed by atoms with van der Waals surface area (Å²) < 4.78 is 5.21. The van der Waals surface area contributed by atoms with Crippen molar-refractivity contribution < 1.29 is 19.4 Å². The molecule has 2 rings (SSSR count). The van der Waals surface area contributed by atoms with Gasteiger partial charge in [0.2, 0.25) is 5.91 Å². The van der Waals surface area contributed by atoms with E-state index in [4.69, 9.17) is 9.84 Å². The van der Waals surface area contributed by atoms with E-state index in [9.17, 15) is 9.59 Å². The molecule has 0 radical (unpaired) electrons. The molecule has 1 saturated carbocycles. The first kappa shape index (κ1) is 14.4. The summed E-state index contributed by atoms with van der Waals surface area (Å²) in [5.41, 5.74) is 1.14. The van der Waals surface area contributed by atoms with Crippen molar-refractivity contribution in [3.63, 3.8) is 0 Å². The summed E-state index contributed by atoms with van der Waals surface area (Å²) in [6.45, 7) is 2.15. The fraction of sp³-hybridized carbons (Fsp3) is 0.467. The van der Waals surface area contributed by atoms with Gasteiger partial charge in [-0.05, 0) is 37.0 Å². The summed E-state index contributed by atoms with van der Waals surface area (Å²) in [5, 5.41) is 11.7. The van der Waals surface area contributed by atoms with Crippen LogP contribution in [0.4, 0.5) is 0 Å². The number of aliphatic carboxylic acids is 1. The van der Waals surface area contributed by atoms with Crippen molar-refractivity contribution in [2.24, 2.45) is 5.41 Å². The van der Waals surface area contributed by atoms with Crippen molar-refractivity contribution in [1.29, 1.82) is 0 Å². The van der Waals surface area contributed by atoms with Gasteiger partial charge in [0, 0.05) is 6.54 Å². The second kappa shape index (κ2) is 5.53. The molecule has 2 N–H and O–H groups in total. The third-order valence-corrected chi connectivity index (χ3v) is 3.77. The quantitative estimate of drug-likeness (QED) is 0.826. The first-order valence-electron chi connectivity index (χ1n) is 6.60.